The lowest BCUT2D eigenvalue weighted by atomic mass is 10.2. The molecule has 2 rings (SSSR count). The molecule has 0 saturated carbocycles. The van der Waals surface area contributed by atoms with Crippen LogP contribution in [0, 0.1) is 0 Å². The summed E-state index contributed by atoms with van der Waals surface area (Å²) >= 11 is 0. The Morgan fingerprint density at radius 1 is 1.28 bits per heavy atom. The van der Waals surface area contributed by atoms with E-state index >= 15 is 0 Å². The van der Waals surface area contributed by atoms with Crippen molar-refractivity contribution in [3.05, 3.63) is 67.0 Å². The van der Waals surface area contributed by atoms with Crippen molar-refractivity contribution in [2.24, 2.45) is 0 Å². The first-order chi connectivity index (χ1) is 14.1. The minimum Gasteiger partial charge on any atom is -0.494 e. The van der Waals surface area contributed by atoms with E-state index in [1.54, 1.807) is 18.2 Å². The monoisotopic (exact) mass is 401 g/mol. The van der Waals surface area contributed by atoms with Gasteiger partial charge in [0, 0.05) is 11.9 Å². The molecule has 1 amide bonds. The summed E-state index contributed by atoms with van der Waals surface area (Å²) in [5.41, 5.74) is 1.59. The highest BCUT2D eigenvalue weighted by Gasteiger charge is 2.12. The molecule has 2 aromatic rings. The van der Waals surface area contributed by atoms with Gasteiger partial charge >= 0.3 is 0 Å². The standard InChI is InChI=1S/C21H25NO4.CH2O2/c1-4-7-16(6-3)15-24-12-10-22-21(23)20-14-17-13-18(25-11-5-2)8-9-19(17)26-20;2-1-3/h4,6-9,13-14H,1,3,5,10-12,15H2,2H3,(H,22,23);1H,(H,2,3)/b16-7+;. The summed E-state index contributed by atoms with van der Waals surface area (Å²) in [5.74, 6) is 0.767. The highest BCUT2D eigenvalue weighted by Crippen LogP contribution is 2.24. The predicted molar refractivity (Wildman–Crippen MR) is 112 cm³/mol. The number of carbonyl (C=O) groups is 2. The van der Waals surface area contributed by atoms with Crippen LogP contribution in [0.3, 0.4) is 0 Å². The van der Waals surface area contributed by atoms with E-state index in [9.17, 15) is 4.79 Å². The Balaban J connectivity index is 0.00000132. The molecule has 0 unspecified atom stereocenters. The molecule has 156 valence electrons. The van der Waals surface area contributed by atoms with Crippen molar-refractivity contribution in [2.45, 2.75) is 13.3 Å². The Morgan fingerprint density at radius 3 is 2.69 bits per heavy atom. The second kappa shape index (κ2) is 13.8. The average Bonchev–Trinajstić information content (AvgIpc) is 3.15. The van der Waals surface area contributed by atoms with Gasteiger partial charge in [0.15, 0.2) is 5.76 Å². The largest absolute Gasteiger partial charge is 0.494 e. The van der Waals surface area contributed by atoms with E-state index in [4.69, 9.17) is 23.8 Å². The Labute approximate surface area is 170 Å². The molecular formula is C22H27NO6. The van der Waals surface area contributed by atoms with Crippen LogP contribution in [0.4, 0.5) is 0 Å². The van der Waals surface area contributed by atoms with Crippen LogP contribution >= 0.6 is 0 Å². The molecule has 2 N–H and O–H groups in total. The molecule has 0 bridgehead atoms. The summed E-state index contributed by atoms with van der Waals surface area (Å²) in [4.78, 5) is 20.6. The molecule has 0 radical (unpaired) electrons. The minimum atomic E-state index is -0.272. The van der Waals surface area contributed by atoms with Gasteiger partial charge in [-0.15, -0.1) is 0 Å². The van der Waals surface area contributed by atoms with Gasteiger partial charge in [-0.3, -0.25) is 9.59 Å². The van der Waals surface area contributed by atoms with E-state index < -0.39 is 0 Å². The summed E-state index contributed by atoms with van der Waals surface area (Å²) in [6, 6.07) is 7.23. The fraction of sp³-hybridized carbons (Fsp3) is 0.273. The van der Waals surface area contributed by atoms with Crippen LogP contribution in [-0.4, -0.2) is 43.9 Å². The summed E-state index contributed by atoms with van der Waals surface area (Å²) in [6.45, 7) is 11.0. The number of hydrogen-bond donors (Lipinski definition) is 2. The van der Waals surface area contributed by atoms with E-state index in [0.717, 1.165) is 23.1 Å². The summed E-state index contributed by atoms with van der Waals surface area (Å²) in [6.07, 6.45) is 6.17. The van der Waals surface area contributed by atoms with Crippen LogP contribution in [0.2, 0.25) is 0 Å². The Kier molecular flexibility index (Phi) is 11.3. The normalized spacial score (nSPS) is 10.6. The number of fused-ring (bicyclic) bond motifs is 1. The lowest BCUT2D eigenvalue weighted by Gasteiger charge is -2.05. The Hall–Kier alpha value is -3.32. The number of carboxylic acid groups (broad SMARTS) is 1. The number of hydrogen-bond acceptors (Lipinski definition) is 5. The van der Waals surface area contributed by atoms with Crippen LogP contribution in [0.5, 0.6) is 5.75 Å². The molecule has 29 heavy (non-hydrogen) atoms. The predicted octanol–water partition coefficient (Wildman–Crippen LogP) is 3.97. The molecule has 0 aliphatic carbocycles. The zero-order valence-corrected chi connectivity index (χ0v) is 16.6. The van der Waals surface area contributed by atoms with Gasteiger partial charge < -0.3 is 24.3 Å². The Bertz CT molecular complexity index is 837. The molecule has 0 spiro atoms. The van der Waals surface area contributed by atoms with Crippen molar-refractivity contribution in [3.63, 3.8) is 0 Å². The number of rotatable bonds is 11. The number of ether oxygens (including phenoxy) is 2. The number of nitrogens with one attached hydrogen (secondary N) is 1. The minimum absolute atomic E-state index is 0.250. The van der Waals surface area contributed by atoms with Gasteiger partial charge in [-0.25, -0.2) is 0 Å². The topological polar surface area (TPSA) is 98.0 Å². The van der Waals surface area contributed by atoms with Crippen molar-refractivity contribution in [2.75, 3.05) is 26.4 Å². The van der Waals surface area contributed by atoms with Gasteiger partial charge in [0.1, 0.15) is 11.3 Å². The molecule has 0 aliphatic rings. The van der Waals surface area contributed by atoms with Crippen LogP contribution < -0.4 is 10.1 Å². The second-order valence-corrected chi connectivity index (χ2v) is 5.75. The molecule has 1 aromatic heterocycles. The summed E-state index contributed by atoms with van der Waals surface area (Å²) < 4.78 is 16.7. The average molecular weight is 401 g/mol. The fourth-order valence-electron chi connectivity index (χ4n) is 2.28. The van der Waals surface area contributed by atoms with Crippen LogP contribution in [0.15, 0.2) is 65.6 Å². The number of furan rings is 1. The fourth-order valence-corrected chi connectivity index (χ4v) is 2.28. The van der Waals surface area contributed by atoms with Crippen molar-refractivity contribution in [1.82, 2.24) is 5.32 Å². The van der Waals surface area contributed by atoms with Crippen LogP contribution in [-0.2, 0) is 9.53 Å². The molecule has 1 heterocycles. The van der Waals surface area contributed by atoms with E-state index in [1.807, 2.05) is 24.3 Å². The lowest BCUT2D eigenvalue weighted by Crippen LogP contribution is -2.27. The molecule has 0 aliphatic heterocycles. The van der Waals surface area contributed by atoms with E-state index in [1.165, 1.54) is 0 Å². The maximum atomic E-state index is 12.2. The smallest absolute Gasteiger partial charge is 0.290 e. The third-order valence-corrected chi connectivity index (χ3v) is 3.58. The molecule has 7 heteroatoms. The number of allylic oxidation sites excluding steroid dienone is 2. The quantitative estimate of drug-likeness (QED) is 0.336. The molecular weight excluding hydrogens is 374 g/mol. The van der Waals surface area contributed by atoms with Gasteiger partial charge in [-0.2, -0.15) is 0 Å². The van der Waals surface area contributed by atoms with E-state index in [0.29, 0.717) is 31.9 Å². The van der Waals surface area contributed by atoms with Crippen LogP contribution in [0.1, 0.15) is 23.9 Å². The highest BCUT2D eigenvalue weighted by atomic mass is 16.5. The zero-order valence-electron chi connectivity index (χ0n) is 16.6. The molecule has 0 atom stereocenters. The highest BCUT2D eigenvalue weighted by molar-refractivity contribution is 5.96. The Morgan fingerprint density at radius 2 is 2.03 bits per heavy atom. The maximum Gasteiger partial charge on any atom is 0.290 e. The molecule has 7 nitrogen and oxygen atoms in total. The molecule has 0 fully saturated rings. The van der Waals surface area contributed by atoms with Crippen molar-refractivity contribution in [1.29, 1.82) is 0 Å². The van der Waals surface area contributed by atoms with Gasteiger partial charge in [0.2, 0.25) is 0 Å². The van der Waals surface area contributed by atoms with E-state index in [-0.39, 0.29) is 18.1 Å². The van der Waals surface area contributed by atoms with Gasteiger partial charge in [0.25, 0.3) is 12.4 Å². The van der Waals surface area contributed by atoms with Gasteiger partial charge in [-0.05, 0) is 36.3 Å². The van der Waals surface area contributed by atoms with Crippen LogP contribution in [0.25, 0.3) is 11.0 Å². The molecule has 1 aromatic carbocycles. The van der Waals surface area contributed by atoms with Crippen molar-refractivity contribution in [3.8, 4) is 5.75 Å². The number of benzene rings is 1. The second-order valence-electron chi connectivity index (χ2n) is 5.75. The lowest BCUT2D eigenvalue weighted by molar-refractivity contribution is -0.122. The third kappa shape index (κ3) is 8.49. The molecule has 0 saturated heterocycles. The summed E-state index contributed by atoms with van der Waals surface area (Å²) in [7, 11) is 0. The number of carbonyl (C=O) groups excluding carboxylic acids is 1. The maximum absolute atomic E-state index is 12.2. The third-order valence-electron chi connectivity index (χ3n) is 3.58. The first kappa shape index (κ1) is 23.7. The first-order valence-electron chi connectivity index (χ1n) is 9.13. The van der Waals surface area contributed by atoms with Gasteiger partial charge in [-0.1, -0.05) is 38.3 Å². The van der Waals surface area contributed by atoms with Crippen molar-refractivity contribution >= 4 is 23.3 Å². The van der Waals surface area contributed by atoms with Crippen molar-refractivity contribution < 1.29 is 28.6 Å². The van der Waals surface area contributed by atoms with E-state index in [2.05, 4.69) is 25.4 Å². The summed E-state index contributed by atoms with van der Waals surface area (Å²) in [5, 5.41) is 10.5. The first-order valence-corrected chi connectivity index (χ1v) is 9.13. The number of amides is 1. The SMILES string of the molecule is C=C/C=C(\C=C)COCCNC(=O)c1cc2cc(OCCC)ccc2o1.O=CO. The zero-order chi connectivity index (χ0) is 21.5. The van der Waals surface area contributed by atoms with Gasteiger partial charge in [0.05, 0.1) is 19.8 Å².